The average molecular weight is 463 g/mol. The van der Waals surface area contributed by atoms with Crippen LogP contribution in [0.1, 0.15) is 46.5 Å². The molecule has 1 aliphatic rings. The van der Waals surface area contributed by atoms with Crippen LogP contribution < -0.4 is 15.8 Å². The molecule has 9 nitrogen and oxygen atoms in total. The van der Waals surface area contributed by atoms with Gasteiger partial charge in [-0.15, -0.1) is 0 Å². The quantitative estimate of drug-likeness (QED) is 0.611. The molecule has 0 bridgehead atoms. The number of nitrogens with two attached hydrogens (primary N) is 1. The molecule has 4 rings (SSSR count). The van der Waals surface area contributed by atoms with E-state index in [1.54, 1.807) is 29.4 Å². The van der Waals surface area contributed by atoms with E-state index in [0.717, 1.165) is 37.1 Å². The van der Waals surface area contributed by atoms with Crippen LogP contribution in [0.25, 0.3) is 0 Å². The molecule has 34 heavy (non-hydrogen) atoms. The smallest absolute Gasteiger partial charge is 0.258 e. The number of imidazole rings is 1. The minimum absolute atomic E-state index is 0.0503. The summed E-state index contributed by atoms with van der Waals surface area (Å²) in [5, 5.41) is 3.25. The van der Waals surface area contributed by atoms with E-state index in [1.165, 1.54) is 10.9 Å². The van der Waals surface area contributed by atoms with Crippen LogP contribution in [-0.4, -0.2) is 57.5 Å². The fourth-order valence-electron chi connectivity index (χ4n) is 3.89. The lowest BCUT2D eigenvalue weighted by Crippen LogP contribution is -2.38. The van der Waals surface area contributed by atoms with E-state index in [9.17, 15) is 9.59 Å². The predicted octanol–water partition coefficient (Wildman–Crippen LogP) is 3.26. The number of carbonyl (C=O) groups is 2. The zero-order valence-electron chi connectivity index (χ0n) is 19.2. The Labute approximate surface area is 198 Å². The number of carbonyl (C=O) groups excluding carboxylic acids is 2. The van der Waals surface area contributed by atoms with Crippen LogP contribution in [0.3, 0.4) is 0 Å². The summed E-state index contributed by atoms with van der Waals surface area (Å²) in [5.74, 6) is 0.666. The molecule has 2 aromatic heterocycles. The molecule has 1 aromatic carbocycles. The number of fused-ring (bicyclic) bond motifs is 2. The number of rotatable bonds is 4. The summed E-state index contributed by atoms with van der Waals surface area (Å²) < 4.78 is 7.40. The molecule has 0 unspecified atom stereocenters. The Morgan fingerprint density at radius 2 is 1.94 bits per heavy atom. The summed E-state index contributed by atoms with van der Waals surface area (Å²) in [6.07, 6.45) is 9.01. The van der Waals surface area contributed by atoms with Gasteiger partial charge in [0, 0.05) is 25.4 Å². The average Bonchev–Trinajstić information content (AvgIpc) is 3.32. The largest absolute Gasteiger partial charge is 0.491 e. The minimum atomic E-state index is -0.248. The zero-order chi connectivity index (χ0) is 23.8. The number of anilines is 2. The SMILES string of the molecule is NCCc1cn(C(=O)CN2CCCCCCOc3ccccc3Nc3ncccc3C2=O)cn1. The maximum atomic E-state index is 13.6. The van der Waals surface area contributed by atoms with E-state index in [2.05, 4.69) is 15.3 Å². The summed E-state index contributed by atoms with van der Waals surface area (Å²) in [4.78, 5) is 36.8. The van der Waals surface area contributed by atoms with Crippen molar-refractivity contribution in [3.05, 3.63) is 66.4 Å². The lowest BCUT2D eigenvalue weighted by molar-refractivity contribution is 0.0678. The molecular weight excluding hydrogens is 432 g/mol. The second-order valence-corrected chi connectivity index (χ2v) is 8.21. The molecule has 0 fully saturated rings. The van der Waals surface area contributed by atoms with Gasteiger partial charge in [0.15, 0.2) is 0 Å². The number of ether oxygens (including phenoxy) is 1. The molecule has 0 atom stereocenters. The Bertz CT molecular complexity index is 1130. The normalized spacial score (nSPS) is 14.9. The highest BCUT2D eigenvalue weighted by molar-refractivity contribution is 6.01. The van der Waals surface area contributed by atoms with Crippen LogP contribution in [0.15, 0.2) is 55.1 Å². The molecule has 0 radical (unpaired) electrons. The fraction of sp³-hybridized carbons (Fsp3) is 0.360. The third kappa shape index (κ3) is 5.79. The van der Waals surface area contributed by atoms with Crippen molar-refractivity contribution >= 4 is 23.3 Å². The van der Waals surface area contributed by atoms with Crippen molar-refractivity contribution in [3.8, 4) is 5.75 Å². The number of pyridine rings is 1. The first-order chi connectivity index (χ1) is 16.7. The first-order valence-corrected chi connectivity index (χ1v) is 11.6. The third-order valence-corrected chi connectivity index (χ3v) is 5.70. The number of benzene rings is 1. The molecular formula is C25H30N6O3. The number of nitrogens with zero attached hydrogens (tertiary/aromatic N) is 4. The van der Waals surface area contributed by atoms with Crippen LogP contribution in [0.2, 0.25) is 0 Å². The third-order valence-electron chi connectivity index (χ3n) is 5.70. The fourth-order valence-corrected chi connectivity index (χ4v) is 3.89. The van der Waals surface area contributed by atoms with Crippen LogP contribution in [0.4, 0.5) is 11.5 Å². The molecule has 3 heterocycles. The summed E-state index contributed by atoms with van der Waals surface area (Å²) in [6.45, 7) is 1.49. The van der Waals surface area contributed by atoms with E-state index in [-0.39, 0.29) is 18.4 Å². The number of aromatic nitrogens is 3. The van der Waals surface area contributed by atoms with Crippen molar-refractivity contribution in [2.45, 2.75) is 32.1 Å². The lowest BCUT2D eigenvalue weighted by Gasteiger charge is -2.24. The molecule has 0 aliphatic carbocycles. The van der Waals surface area contributed by atoms with Crippen molar-refractivity contribution in [1.29, 1.82) is 0 Å². The summed E-state index contributed by atoms with van der Waals surface area (Å²) >= 11 is 0. The van der Waals surface area contributed by atoms with Gasteiger partial charge < -0.3 is 20.7 Å². The van der Waals surface area contributed by atoms with Crippen LogP contribution in [0.5, 0.6) is 5.75 Å². The van der Waals surface area contributed by atoms with Gasteiger partial charge in [0.25, 0.3) is 11.8 Å². The van der Waals surface area contributed by atoms with Gasteiger partial charge in [-0.1, -0.05) is 25.0 Å². The standard InChI is InChI=1S/C25H30N6O3/c26-12-11-19-16-31(18-28-19)23(32)17-30-14-5-1-2-6-15-34-22-10-4-3-9-21(22)29-24-20(25(30)33)8-7-13-27-24/h3-4,7-10,13,16,18H,1-2,5-6,11-12,14-15,17,26H2,(H,27,29). The number of hydrogen-bond donors (Lipinski definition) is 2. The van der Waals surface area contributed by atoms with Crippen molar-refractivity contribution in [1.82, 2.24) is 19.4 Å². The maximum Gasteiger partial charge on any atom is 0.258 e. The molecule has 3 aromatic rings. The molecule has 0 saturated carbocycles. The zero-order valence-corrected chi connectivity index (χ0v) is 19.2. The number of hydrogen-bond acceptors (Lipinski definition) is 7. The second-order valence-electron chi connectivity index (χ2n) is 8.21. The van der Waals surface area contributed by atoms with Crippen LogP contribution in [0, 0.1) is 0 Å². The van der Waals surface area contributed by atoms with Gasteiger partial charge in [-0.05, 0) is 43.7 Å². The molecule has 1 amide bonds. The molecule has 1 aliphatic heterocycles. The number of nitrogens with one attached hydrogen (secondary N) is 1. The lowest BCUT2D eigenvalue weighted by atomic mass is 10.1. The van der Waals surface area contributed by atoms with Crippen molar-refractivity contribution in [2.24, 2.45) is 5.73 Å². The topological polar surface area (TPSA) is 115 Å². The van der Waals surface area contributed by atoms with Crippen molar-refractivity contribution in [2.75, 3.05) is 31.6 Å². The monoisotopic (exact) mass is 462 g/mol. The molecule has 3 N–H and O–H groups in total. The Morgan fingerprint density at radius 1 is 1.09 bits per heavy atom. The van der Waals surface area contributed by atoms with Crippen molar-refractivity contribution in [3.63, 3.8) is 0 Å². The summed E-state index contributed by atoms with van der Waals surface area (Å²) in [7, 11) is 0. The first kappa shape index (κ1) is 23.4. The Hall–Kier alpha value is -3.72. The maximum absolute atomic E-state index is 13.6. The molecule has 0 spiro atoms. The Kier molecular flexibility index (Phi) is 7.87. The minimum Gasteiger partial charge on any atom is -0.491 e. The van der Waals surface area contributed by atoms with Gasteiger partial charge in [-0.2, -0.15) is 0 Å². The molecule has 0 saturated heterocycles. The van der Waals surface area contributed by atoms with Gasteiger partial charge in [0.05, 0.1) is 23.6 Å². The van der Waals surface area contributed by atoms with E-state index in [4.69, 9.17) is 10.5 Å². The van der Waals surface area contributed by atoms with E-state index in [1.807, 2.05) is 24.3 Å². The highest BCUT2D eigenvalue weighted by Crippen LogP contribution is 2.29. The van der Waals surface area contributed by atoms with E-state index >= 15 is 0 Å². The van der Waals surface area contributed by atoms with Gasteiger partial charge >= 0.3 is 0 Å². The van der Waals surface area contributed by atoms with E-state index < -0.39 is 0 Å². The molecule has 178 valence electrons. The number of para-hydroxylation sites is 2. The van der Waals surface area contributed by atoms with Crippen molar-refractivity contribution < 1.29 is 14.3 Å². The summed E-state index contributed by atoms with van der Waals surface area (Å²) in [6, 6.07) is 11.0. The highest BCUT2D eigenvalue weighted by atomic mass is 16.5. The van der Waals surface area contributed by atoms with Crippen LogP contribution in [-0.2, 0) is 6.42 Å². The first-order valence-electron chi connectivity index (χ1n) is 11.6. The molecule has 9 heteroatoms. The van der Waals surface area contributed by atoms with E-state index in [0.29, 0.717) is 43.2 Å². The second kappa shape index (κ2) is 11.4. The van der Waals surface area contributed by atoms with Gasteiger partial charge in [-0.25, -0.2) is 9.97 Å². The predicted molar refractivity (Wildman–Crippen MR) is 129 cm³/mol. The Morgan fingerprint density at radius 3 is 2.82 bits per heavy atom. The van der Waals surface area contributed by atoms with Gasteiger partial charge in [-0.3, -0.25) is 14.2 Å². The summed E-state index contributed by atoms with van der Waals surface area (Å²) in [5.41, 5.74) is 7.48. The van der Waals surface area contributed by atoms with Gasteiger partial charge in [0.2, 0.25) is 0 Å². The number of amides is 1. The van der Waals surface area contributed by atoms with Crippen LogP contribution >= 0.6 is 0 Å². The Balaban J connectivity index is 1.61. The van der Waals surface area contributed by atoms with Gasteiger partial charge in [0.1, 0.15) is 24.4 Å². The highest BCUT2D eigenvalue weighted by Gasteiger charge is 2.23.